The van der Waals surface area contributed by atoms with Gasteiger partial charge in [0.05, 0.1) is 12.8 Å². The average Bonchev–Trinajstić information content (AvgIpc) is 3.23. The minimum Gasteiger partial charge on any atom is -0.394 e. The van der Waals surface area contributed by atoms with Gasteiger partial charge >= 0.3 is 0 Å². The lowest BCUT2D eigenvalue weighted by Gasteiger charge is -2.23. The van der Waals surface area contributed by atoms with Gasteiger partial charge in [0.2, 0.25) is 5.96 Å². The number of carbonyl (C=O) groups excluding carboxylic acids is 1. The molecule has 2 rings (SSSR count). The van der Waals surface area contributed by atoms with Gasteiger partial charge in [0.1, 0.15) is 30.1 Å². The molecule has 4 atom stereocenters. The van der Waals surface area contributed by atoms with Gasteiger partial charge in [0, 0.05) is 4.88 Å². The van der Waals surface area contributed by atoms with E-state index in [0.29, 0.717) is 0 Å². The summed E-state index contributed by atoms with van der Waals surface area (Å²) >= 11 is 1.45. The third-order valence-corrected chi connectivity index (χ3v) is 4.02. The third kappa shape index (κ3) is 5.16. The zero-order chi connectivity index (χ0) is 18.4. The van der Waals surface area contributed by atoms with Crippen LogP contribution in [0, 0.1) is 0 Å². The first-order valence-electron chi connectivity index (χ1n) is 7.20. The summed E-state index contributed by atoms with van der Waals surface area (Å²) in [6.45, 7) is -0.775. The van der Waals surface area contributed by atoms with E-state index in [-0.39, 0.29) is 11.7 Å². The van der Waals surface area contributed by atoms with Gasteiger partial charge < -0.3 is 25.5 Å². The molecule has 1 aromatic rings. The average molecular weight is 370 g/mol. The van der Waals surface area contributed by atoms with Crippen LogP contribution in [0.2, 0.25) is 0 Å². The fraction of sp³-hybridized carbons (Fsp3) is 0.357. The van der Waals surface area contributed by atoms with Crippen LogP contribution in [0.4, 0.5) is 0 Å². The Kier molecular flexibility index (Phi) is 6.75. The van der Waals surface area contributed by atoms with Crippen molar-refractivity contribution in [2.45, 2.75) is 24.4 Å². The lowest BCUT2D eigenvalue weighted by molar-refractivity contribution is -0.115. The fourth-order valence-electron chi connectivity index (χ4n) is 1.83. The Balaban J connectivity index is 1.92. The first kappa shape index (κ1) is 19.2. The molecule has 136 valence electrons. The quantitative estimate of drug-likeness (QED) is 0.159. The second kappa shape index (κ2) is 8.80. The monoisotopic (exact) mass is 370 g/mol. The van der Waals surface area contributed by atoms with E-state index in [9.17, 15) is 25.2 Å². The van der Waals surface area contributed by atoms with Gasteiger partial charge in [-0.25, -0.2) is 10.4 Å². The molecule has 0 aliphatic carbocycles. The summed E-state index contributed by atoms with van der Waals surface area (Å²) < 4.78 is 0. The number of hydrazone groups is 1. The van der Waals surface area contributed by atoms with E-state index in [4.69, 9.17) is 5.11 Å². The van der Waals surface area contributed by atoms with Crippen LogP contribution in [0.25, 0.3) is 6.08 Å². The zero-order valence-electron chi connectivity index (χ0n) is 12.9. The van der Waals surface area contributed by atoms with Crippen LogP contribution in [0.5, 0.6) is 0 Å². The second-order valence-electron chi connectivity index (χ2n) is 5.07. The molecule has 0 saturated heterocycles. The molecule has 2 heterocycles. The maximum absolute atomic E-state index is 11.8. The Bertz CT molecular complexity index is 675. The molecule has 1 aliphatic rings. The second-order valence-corrected chi connectivity index (χ2v) is 6.05. The summed E-state index contributed by atoms with van der Waals surface area (Å²) in [7, 11) is 0. The predicted octanol–water partition coefficient (Wildman–Crippen LogP) is -2.41. The molecule has 11 heteroatoms. The minimum absolute atomic E-state index is 0.0293. The fourth-order valence-corrected chi connectivity index (χ4v) is 2.48. The largest absolute Gasteiger partial charge is 0.394 e. The van der Waals surface area contributed by atoms with Crippen molar-refractivity contribution < 1.29 is 30.3 Å². The lowest BCUT2D eigenvalue weighted by Crippen LogP contribution is -2.46. The molecule has 10 nitrogen and oxygen atoms in total. The highest BCUT2D eigenvalue weighted by Crippen LogP contribution is 2.15. The van der Waals surface area contributed by atoms with E-state index >= 15 is 0 Å². The smallest absolute Gasteiger partial charge is 0.276 e. The maximum atomic E-state index is 11.8. The van der Waals surface area contributed by atoms with Crippen LogP contribution in [-0.2, 0) is 4.79 Å². The number of aliphatic hydroxyl groups is 5. The Morgan fingerprint density at radius 1 is 1.32 bits per heavy atom. The molecule has 1 amide bonds. The van der Waals surface area contributed by atoms with E-state index in [0.717, 1.165) is 11.1 Å². The summed E-state index contributed by atoms with van der Waals surface area (Å²) in [5.74, 6) is -0.394. The zero-order valence-corrected chi connectivity index (χ0v) is 13.7. The van der Waals surface area contributed by atoms with Crippen LogP contribution in [0.1, 0.15) is 4.88 Å². The van der Waals surface area contributed by atoms with Crippen LogP contribution >= 0.6 is 11.3 Å². The molecule has 0 spiro atoms. The molecule has 7 N–H and O–H groups in total. The summed E-state index contributed by atoms with van der Waals surface area (Å²) in [5.41, 5.74) is 2.56. The van der Waals surface area contributed by atoms with Gasteiger partial charge in [-0.15, -0.1) is 11.3 Å². The Labute approximate surface area is 146 Å². The number of aliphatic hydroxyl groups excluding tert-OH is 5. The molecule has 0 radical (unpaired) electrons. The van der Waals surface area contributed by atoms with E-state index in [1.54, 1.807) is 6.08 Å². The summed E-state index contributed by atoms with van der Waals surface area (Å²) in [6.07, 6.45) is -4.29. The predicted molar refractivity (Wildman–Crippen MR) is 90.6 cm³/mol. The maximum Gasteiger partial charge on any atom is 0.276 e. The van der Waals surface area contributed by atoms with Gasteiger partial charge in [0.15, 0.2) is 0 Å². The van der Waals surface area contributed by atoms with Crippen LogP contribution in [0.3, 0.4) is 0 Å². The minimum atomic E-state index is -1.76. The van der Waals surface area contributed by atoms with Crippen LogP contribution in [0.15, 0.2) is 33.3 Å². The number of nitrogens with zero attached hydrogens (tertiary/aromatic N) is 2. The van der Waals surface area contributed by atoms with Crippen molar-refractivity contribution in [3.63, 3.8) is 0 Å². The Morgan fingerprint density at radius 3 is 2.72 bits per heavy atom. The van der Waals surface area contributed by atoms with Crippen LogP contribution in [-0.4, -0.2) is 74.6 Å². The number of hydrogen-bond donors (Lipinski definition) is 7. The number of amides is 1. The molecule has 0 bridgehead atoms. The van der Waals surface area contributed by atoms with Crippen molar-refractivity contribution in [1.29, 1.82) is 0 Å². The van der Waals surface area contributed by atoms with Crippen molar-refractivity contribution >= 4 is 35.5 Å². The Morgan fingerprint density at radius 2 is 2.08 bits per heavy atom. The van der Waals surface area contributed by atoms with E-state index in [2.05, 4.69) is 20.8 Å². The summed E-state index contributed by atoms with van der Waals surface area (Å²) in [4.78, 5) is 16.6. The number of rotatable bonds is 7. The number of nitrogens with one attached hydrogen (secondary N) is 2. The van der Waals surface area contributed by atoms with Crippen molar-refractivity contribution in [2.24, 2.45) is 10.1 Å². The van der Waals surface area contributed by atoms with Gasteiger partial charge in [-0.2, -0.15) is 5.10 Å². The Hall–Kier alpha value is -2.15. The van der Waals surface area contributed by atoms with Gasteiger partial charge in [0.25, 0.3) is 5.91 Å². The van der Waals surface area contributed by atoms with Gasteiger partial charge in [-0.05, 0) is 17.5 Å². The van der Waals surface area contributed by atoms with E-state index < -0.39 is 36.9 Å². The normalized spacial score (nSPS) is 21.1. The summed E-state index contributed by atoms with van der Waals surface area (Å²) in [6, 6.07) is 3.67. The lowest BCUT2D eigenvalue weighted by atomic mass is 10.0. The number of thiophene rings is 1. The van der Waals surface area contributed by atoms with E-state index in [1.807, 2.05) is 17.5 Å². The number of aliphatic imine (C=N–C) groups is 1. The molecular formula is C14H18N4O6S. The number of guanidine groups is 1. The van der Waals surface area contributed by atoms with Crippen molar-refractivity contribution in [1.82, 2.24) is 10.7 Å². The molecule has 1 aliphatic heterocycles. The van der Waals surface area contributed by atoms with Gasteiger partial charge in [-0.3, -0.25) is 10.1 Å². The molecule has 0 fully saturated rings. The highest BCUT2D eigenvalue weighted by molar-refractivity contribution is 7.10. The number of carbonyl (C=O) groups is 1. The molecule has 25 heavy (non-hydrogen) atoms. The van der Waals surface area contributed by atoms with Crippen molar-refractivity contribution in [3.8, 4) is 0 Å². The van der Waals surface area contributed by atoms with Crippen molar-refractivity contribution in [2.75, 3.05) is 6.61 Å². The molecule has 0 aromatic carbocycles. The van der Waals surface area contributed by atoms with Crippen LogP contribution < -0.4 is 10.7 Å². The molecule has 1 aromatic heterocycles. The SMILES string of the molecule is O=C1NC(N/N=C/C(O)C(O)C(O)C(O)CO)=N/C1=C\c1cccs1. The van der Waals surface area contributed by atoms with Gasteiger partial charge in [-0.1, -0.05) is 6.07 Å². The topological polar surface area (TPSA) is 167 Å². The highest BCUT2D eigenvalue weighted by atomic mass is 32.1. The van der Waals surface area contributed by atoms with E-state index in [1.165, 1.54) is 11.3 Å². The summed E-state index contributed by atoms with van der Waals surface area (Å²) in [5, 5.41) is 54.5. The number of hydrogen-bond acceptors (Lipinski definition) is 10. The first-order valence-corrected chi connectivity index (χ1v) is 8.08. The highest BCUT2D eigenvalue weighted by Gasteiger charge is 2.29. The molecule has 0 saturated carbocycles. The van der Waals surface area contributed by atoms with Crippen molar-refractivity contribution in [3.05, 3.63) is 28.1 Å². The first-order chi connectivity index (χ1) is 11.9. The molecule has 4 unspecified atom stereocenters. The molecular weight excluding hydrogens is 352 g/mol. The third-order valence-electron chi connectivity index (χ3n) is 3.20. The standard InChI is InChI=1S/C14H18N4O6S/c19-6-10(21)12(23)11(22)9(20)5-15-18-14-16-8(13(24)17-14)4-7-2-1-3-25-7/h1-5,9-12,19-23H,6H2,(H2,16,17,18,24)/b8-4-,15-5+.